The number of nitrogens with one attached hydrogen (secondary N) is 1. The lowest BCUT2D eigenvalue weighted by atomic mass is 9.88. The van der Waals surface area contributed by atoms with Crippen molar-refractivity contribution in [2.45, 2.75) is 32.2 Å². The normalized spacial score (nSPS) is 18.2. The molecule has 0 heterocycles. The highest BCUT2D eigenvalue weighted by Gasteiger charge is 2.17. The average Bonchev–Trinajstić information content (AvgIpc) is 2.39. The van der Waals surface area contributed by atoms with Crippen molar-refractivity contribution in [3.05, 3.63) is 65.2 Å². The monoisotopic (exact) mass is 237 g/mol. The highest BCUT2D eigenvalue weighted by molar-refractivity contribution is 5.47. The second-order valence-corrected chi connectivity index (χ2v) is 5.22. The lowest BCUT2D eigenvalue weighted by Gasteiger charge is -2.26. The summed E-state index contributed by atoms with van der Waals surface area (Å²) in [4.78, 5) is 0. The molecule has 1 aliphatic carbocycles. The zero-order chi connectivity index (χ0) is 12.4. The number of hydrogen-bond donors (Lipinski definition) is 1. The van der Waals surface area contributed by atoms with Crippen LogP contribution in [0.15, 0.2) is 48.5 Å². The minimum atomic E-state index is 0.571. The molecule has 0 radical (unpaired) electrons. The second-order valence-electron chi connectivity index (χ2n) is 5.22. The SMILES string of the molecule is Cc1cccc(NC2CCc3ccccc3C2)c1. The molecule has 1 unspecified atom stereocenters. The zero-order valence-electron chi connectivity index (χ0n) is 10.8. The van der Waals surface area contributed by atoms with Crippen LogP contribution in [0.3, 0.4) is 0 Å². The molecule has 0 aliphatic heterocycles. The van der Waals surface area contributed by atoms with Crippen molar-refractivity contribution in [1.29, 1.82) is 0 Å². The van der Waals surface area contributed by atoms with Gasteiger partial charge in [0.05, 0.1) is 0 Å². The van der Waals surface area contributed by atoms with Gasteiger partial charge in [0.1, 0.15) is 0 Å². The van der Waals surface area contributed by atoms with Crippen LogP contribution in [0.1, 0.15) is 23.1 Å². The Morgan fingerprint density at radius 3 is 2.67 bits per heavy atom. The van der Waals surface area contributed by atoms with Gasteiger partial charge in [-0.25, -0.2) is 0 Å². The van der Waals surface area contributed by atoms with E-state index in [1.807, 2.05) is 0 Å². The largest absolute Gasteiger partial charge is 0.382 e. The molecule has 1 nitrogen and oxygen atoms in total. The van der Waals surface area contributed by atoms with Crippen molar-refractivity contribution in [3.63, 3.8) is 0 Å². The summed E-state index contributed by atoms with van der Waals surface area (Å²) in [6.07, 6.45) is 3.56. The molecular weight excluding hydrogens is 218 g/mol. The third-order valence-electron chi connectivity index (χ3n) is 3.74. The topological polar surface area (TPSA) is 12.0 Å². The van der Waals surface area contributed by atoms with Crippen molar-refractivity contribution in [2.75, 3.05) is 5.32 Å². The molecule has 0 amide bonds. The molecule has 3 rings (SSSR count). The average molecular weight is 237 g/mol. The molecule has 92 valence electrons. The third-order valence-corrected chi connectivity index (χ3v) is 3.74. The van der Waals surface area contributed by atoms with Crippen LogP contribution >= 0.6 is 0 Å². The first-order valence-corrected chi connectivity index (χ1v) is 6.71. The van der Waals surface area contributed by atoms with Gasteiger partial charge < -0.3 is 5.32 Å². The summed E-state index contributed by atoms with van der Waals surface area (Å²) in [6, 6.07) is 18.0. The Labute approximate surface area is 109 Å². The van der Waals surface area contributed by atoms with Gasteiger partial charge in [-0.3, -0.25) is 0 Å². The van der Waals surface area contributed by atoms with E-state index in [4.69, 9.17) is 0 Å². The maximum Gasteiger partial charge on any atom is 0.0345 e. The summed E-state index contributed by atoms with van der Waals surface area (Å²) in [5.74, 6) is 0. The Kier molecular flexibility index (Phi) is 3.06. The summed E-state index contributed by atoms with van der Waals surface area (Å²) in [6.45, 7) is 2.14. The van der Waals surface area contributed by atoms with Gasteiger partial charge in [-0.15, -0.1) is 0 Å². The van der Waals surface area contributed by atoms with E-state index in [-0.39, 0.29) is 0 Å². The fraction of sp³-hybridized carbons (Fsp3) is 0.294. The van der Waals surface area contributed by atoms with E-state index in [2.05, 4.69) is 60.8 Å². The first-order chi connectivity index (χ1) is 8.81. The van der Waals surface area contributed by atoms with Gasteiger partial charge in [0.25, 0.3) is 0 Å². The number of aryl methyl sites for hydroxylation is 2. The van der Waals surface area contributed by atoms with E-state index < -0.39 is 0 Å². The molecule has 18 heavy (non-hydrogen) atoms. The quantitative estimate of drug-likeness (QED) is 0.833. The van der Waals surface area contributed by atoms with Gasteiger partial charge in [-0.05, 0) is 55.0 Å². The van der Waals surface area contributed by atoms with Gasteiger partial charge in [0.2, 0.25) is 0 Å². The molecule has 0 saturated carbocycles. The van der Waals surface area contributed by atoms with Crippen LogP contribution < -0.4 is 5.32 Å². The van der Waals surface area contributed by atoms with Crippen LogP contribution in [-0.4, -0.2) is 6.04 Å². The molecule has 0 aromatic heterocycles. The van der Waals surface area contributed by atoms with Gasteiger partial charge >= 0.3 is 0 Å². The number of rotatable bonds is 2. The van der Waals surface area contributed by atoms with Crippen LogP contribution in [0.25, 0.3) is 0 Å². The highest BCUT2D eigenvalue weighted by atomic mass is 14.9. The summed E-state index contributed by atoms with van der Waals surface area (Å²) < 4.78 is 0. The lowest BCUT2D eigenvalue weighted by Crippen LogP contribution is -2.27. The Morgan fingerprint density at radius 1 is 1.00 bits per heavy atom. The first kappa shape index (κ1) is 11.3. The Bertz CT molecular complexity index is 545. The standard InChI is InChI=1S/C17H19N/c1-13-5-4-8-16(11-13)18-17-10-9-14-6-2-3-7-15(14)12-17/h2-8,11,17-18H,9-10,12H2,1H3. The van der Waals surface area contributed by atoms with Crippen molar-refractivity contribution in [3.8, 4) is 0 Å². The summed E-state index contributed by atoms with van der Waals surface area (Å²) in [5, 5.41) is 3.66. The molecule has 0 bridgehead atoms. The molecule has 1 N–H and O–H groups in total. The Balaban J connectivity index is 1.73. The van der Waals surface area contributed by atoms with Gasteiger partial charge in [-0.2, -0.15) is 0 Å². The van der Waals surface area contributed by atoms with Crippen LogP contribution in [0.4, 0.5) is 5.69 Å². The number of hydrogen-bond acceptors (Lipinski definition) is 1. The predicted octanol–water partition coefficient (Wildman–Crippen LogP) is 3.96. The fourth-order valence-corrected chi connectivity index (χ4v) is 2.79. The van der Waals surface area contributed by atoms with Gasteiger partial charge in [-0.1, -0.05) is 36.4 Å². The Hall–Kier alpha value is -1.76. The number of anilines is 1. The Morgan fingerprint density at radius 2 is 1.83 bits per heavy atom. The number of fused-ring (bicyclic) bond motifs is 1. The van der Waals surface area contributed by atoms with E-state index in [0.29, 0.717) is 6.04 Å². The van der Waals surface area contributed by atoms with E-state index in [1.165, 1.54) is 35.2 Å². The molecule has 2 aromatic rings. The number of benzene rings is 2. The molecule has 1 heteroatoms. The second kappa shape index (κ2) is 4.85. The molecule has 1 aliphatic rings. The smallest absolute Gasteiger partial charge is 0.0345 e. The van der Waals surface area contributed by atoms with Crippen molar-refractivity contribution < 1.29 is 0 Å². The van der Waals surface area contributed by atoms with E-state index in [9.17, 15) is 0 Å². The van der Waals surface area contributed by atoms with Crippen molar-refractivity contribution >= 4 is 5.69 Å². The highest BCUT2D eigenvalue weighted by Crippen LogP contribution is 2.23. The van der Waals surface area contributed by atoms with Crippen molar-refractivity contribution in [2.24, 2.45) is 0 Å². The molecule has 1 atom stereocenters. The molecular formula is C17H19N. The maximum absolute atomic E-state index is 3.66. The zero-order valence-corrected chi connectivity index (χ0v) is 10.8. The predicted molar refractivity (Wildman–Crippen MR) is 77.1 cm³/mol. The van der Waals surface area contributed by atoms with Crippen LogP contribution in [0.5, 0.6) is 0 Å². The minimum Gasteiger partial charge on any atom is -0.382 e. The van der Waals surface area contributed by atoms with E-state index in [1.54, 1.807) is 0 Å². The van der Waals surface area contributed by atoms with Gasteiger partial charge in [0.15, 0.2) is 0 Å². The molecule has 0 spiro atoms. The fourth-order valence-electron chi connectivity index (χ4n) is 2.79. The van der Waals surface area contributed by atoms with Crippen LogP contribution in [0.2, 0.25) is 0 Å². The third kappa shape index (κ3) is 2.40. The molecule has 2 aromatic carbocycles. The summed E-state index contributed by atoms with van der Waals surface area (Å²) >= 11 is 0. The maximum atomic E-state index is 3.66. The van der Waals surface area contributed by atoms with Gasteiger partial charge in [0, 0.05) is 11.7 Å². The molecule has 0 fully saturated rings. The summed E-state index contributed by atoms with van der Waals surface area (Å²) in [5.41, 5.74) is 5.60. The van der Waals surface area contributed by atoms with Crippen LogP contribution in [-0.2, 0) is 12.8 Å². The first-order valence-electron chi connectivity index (χ1n) is 6.71. The minimum absolute atomic E-state index is 0.571. The van der Waals surface area contributed by atoms with E-state index >= 15 is 0 Å². The molecule has 0 saturated heterocycles. The van der Waals surface area contributed by atoms with Crippen molar-refractivity contribution in [1.82, 2.24) is 0 Å². The lowest BCUT2D eigenvalue weighted by molar-refractivity contribution is 0.611. The van der Waals surface area contributed by atoms with E-state index in [0.717, 1.165) is 6.42 Å². The summed E-state index contributed by atoms with van der Waals surface area (Å²) in [7, 11) is 0. The van der Waals surface area contributed by atoms with Crippen LogP contribution in [0, 0.1) is 6.92 Å².